The highest BCUT2D eigenvalue weighted by Gasteiger charge is 2.36. The van der Waals surface area contributed by atoms with Gasteiger partial charge in [-0.05, 0) is 28.7 Å². The van der Waals surface area contributed by atoms with Crippen LogP contribution in [0.2, 0.25) is 0 Å². The molecule has 0 radical (unpaired) electrons. The summed E-state index contributed by atoms with van der Waals surface area (Å²) in [6.45, 7) is 2.27. The number of aliphatic carboxylic acids is 1. The van der Waals surface area contributed by atoms with E-state index in [0.717, 1.165) is 11.1 Å². The predicted octanol–water partition coefficient (Wildman–Crippen LogP) is 3.54. The van der Waals surface area contributed by atoms with Gasteiger partial charge in [0.25, 0.3) is 0 Å². The number of hydrogen-bond acceptors (Lipinski definition) is 5. The molecule has 2 aromatic carbocycles. The number of ether oxygens (including phenoxy) is 1. The summed E-state index contributed by atoms with van der Waals surface area (Å²) in [5.41, 5.74) is 4.64. The van der Waals surface area contributed by atoms with Gasteiger partial charge in [-0.1, -0.05) is 55.5 Å². The minimum Gasteiger partial charge on any atom is -0.480 e. The Hall–Kier alpha value is -3.00. The van der Waals surface area contributed by atoms with E-state index in [2.05, 4.69) is 29.6 Å². The fourth-order valence-electron chi connectivity index (χ4n) is 4.31. The third-order valence-corrected chi connectivity index (χ3v) is 7.07. The van der Waals surface area contributed by atoms with Crippen LogP contribution in [0.25, 0.3) is 11.1 Å². The molecule has 0 aromatic heterocycles. The minimum absolute atomic E-state index is 0.00531. The molecule has 1 unspecified atom stereocenters. The number of carboxylic acids is 1. The van der Waals surface area contributed by atoms with Crippen molar-refractivity contribution in [1.82, 2.24) is 10.2 Å². The Morgan fingerprint density at radius 3 is 2.38 bits per heavy atom. The van der Waals surface area contributed by atoms with E-state index in [1.54, 1.807) is 6.92 Å². The van der Waals surface area contributed by atoms with Gasteiger partial charge >= 0.3 is 12.1 Å². The molecule has 0 saturated carbocycles. The lowest BCUT2D eigenvalue weighted by molar-refractivity contribution is -0.149. The molecular formula is C24H26N2O5S. The lowest BCUT2D eigenvalue weighted by Crippen LogP contribution is -2.44. The summed E-state index contributed by atoms with van der Waals surface area (Å²) in [5, 5.41) is 12.0. The van der Waals surface area contributed by atoms with E-state index >= 15 is 0 Å². The van der Waals surface area contributed by atoms with Crippen molar-refractivity contribution in [3.05, 3.63) is 59.7 Å². The monoisotopic (exact) mass is 454 g/mol. The highest BCUT2D eigenvalue weighted by Crippen LogP contribution is 2.44. The van der Waals surface area contributed by atoms with E-state index < -0.39 is 18.1 Å². The van der Waals surface area contributed by atoms with Crippen LogP contribution in [0, 0.1) is 5.92 Å². The van der Waals surface area contributed by atoms with Gasteiger partial charge in [0.05, 0.1) is 5.88 Å². The van der Waals surface area contributed by atoms with Gasteiger partial charge < -0.3 is 20.1 Å². The largest absolute Gasteiger partial charge is 0.480 e. The van der Waals surface area contributed by atoms with Crippen molar-refractivity contribution in [1.29, 1.82) is 0 Å². The smallest absolute Gasteiger partial charge is 0.407 e. The fraction of sp³-hybridized carbons (Fsp3) is 0.375. The maximum Gasteiger partial charge on any atom is 0.407 e. The molecule has 168 valence electrons. The average Bonchev–Trinajstić information content (AvgIpc) is 3.41. The number of carbonyl (C=O) groups is 3. The Bertz CT molecular complexity index is 981. The van der Waals surface area contributed by atoms with Gasteiger partial charge in [-0.25, -0.2) is 9.59 Å². The number of carboxylic acid groups (broad SMARTS) is 1. The van der Waals surface area contributed by atoms with Gasteiger partial charge in [0.15, 0.2) is 0 Å². The van der Waals surface area contributed by atoms with Crippen molar-refractivity contribution in [3.8, 4) is 11.1 Å². The highest BCUT2D eigenvalue weighted by atomic mass is 32.2. The van der Waals surface area contributed by atoms with Crippen LogP contribution >= 0.6 is 11.8 Å². The molecule has 0 spiro atoms. The second-order valence-corrected chi connectivity index (χ2v) is 9.10. The molecule has 2 amide bonds. The zero-order valence-corrected chi connectivity index (χ0v) is 18.6. The Morgan fingerprint density at radius 2 is 1.75 bits per heavy atom. The van der Waals surface area contributed by atoms with Crippen molar-refractivity contribution in [2.75, 3.05) is 24.8 Å². The number of nitrogens with zero attached hydrogens (tertiary/aromatic N) is 1. The number of carbonyl (C=O) groups excluding carboxylic acids is 2. The van der Waals surface area contributed by atoms with Crippen LogP contribution in [0.4, 0.5) is 4.79 Å². The van der Waals surface area contributed by atoms with Crippen LogP contribution in [0.3, 0.4) is 0 Å². The van der Waals surface area contributed by atoms with E-state index in [1.165, 1.54) is 27.8 Å². The number of rotatable bonds is 7. The van der Waals surface area contributed by atoms with Crippen molar-refractivity contribution in [2.24, 2.45) is 5.92 Å². The van der Waals surface area contributed by atoms with Crippen molar-refractivity contribution < 1.29 is 24.2 Å². The Morgan fingerprint density at radius 1 is 1.12 bits per heavy atom. The van der Waals surface area contributed by atoms with Crippen LogP contribution in [0.1, 0.15) is 30.4 Å². The lowest BCUT2D eigenvalue weighted by atomic mass is 9.98. The molecule has 1 aliphatic carbocycles. The van der Waals surface area contributed by atoms with Crippen LogP contribution in [0.15, 0.2) is 48.5 Å². The first-order valence-corrected chi connectivity index (χ1v) is 11.8. The molecule has 8 heteroatoms. The van der Waals surface area contributed by atoms with E-state index in [4.69, 9.17) is 4.74 Å². The molecule has 1 saturated heterocycles. The maximum atomic E-state index is 12.6. The average molecular weight is 455 g/mol. The van der Waals surface area contributed by atoms with Crippen LogP contribution in [-0.2, 0) is 14.3 Å². The van der Waals surface area contributed by atoms with Gasteiger partial charge in [0.1, 0.15) is 12.6 Å². The zero-order chi connectivity index (χ0) is 22.7. The van der Waals surface area contributed by atoms with E-state index in [1.807, 2.05) is 24.3 Å². The molecule has 2 N–H and O–H groups in total. The molecular weight excluding hydrogens is 428 g/mol. The van der Waals surface area contributed by atoms with E-state index in [0.29, 0.717) is 18.1 Å². The molecule has 1 aliphatic heterocycles. The minimum atomic E-state index is -0.979. The summed E-state index contributed by atoms with van der Waals surface area (Å²) in [7, 11) is 0. The lowest BCUT2D eigenvalue weighted by Gasteiger charge is -2.24. The summed E-state index contributed by atoms with van der Waals surface area (Å²) >= 11 is 1.44. The predicted molar refractivity (Wildman–Crippen MR) is 122 cm³/mol. The standard InChI is InChI=1S/C24H26N2O5S/c1-15(22(27)26-14-32-13-21(26)23(28)29)10-11-25-24(30)31-12-20-18-8-4-2-6-16(18)17-7-3-5-9-19(17)20/h2-9,15,20-21H,10-14H2,1H3,(H,25,30)(H,28,29)/t15?,21-/m0/s1. The number of amides is 2. The zero-order valence-electron chi connectivity index (χ0n) is 17.8. The van der Waals surface area contributed by atoms with Crippen molar-refractivity contribution in [3.63, 3.8) is 0 Å². The van der Waals surface area contributed by atoms with Gasteiger partial charge in [-0.15, -0.1) is 11.8 Å². The van der Waals surface area contributed by atoms with Gasteiger partial charge in [0.2, 0.25) is 5.91 Å². The topological polar surface area (TPSA) is 95.9 Å². The van der Waals surface area contributed by atoms with E-state index in [9.17, 15) is 19.5 Å². The van der Waals surface area contributed by atoms with Crippen LogP contribution < -0.4 is 5.32 Å². The second-order valence-electron chi connectivity index (χ2n) is 8.10. The number of alkyl carbamates (subject to hydrolysis) is 1. The molecule has 4 rings (SSSR count). The normalized spacial score (nSPS) is 18.0. The number of fused-ring (bicyclic) bond motifs is 3. The quantitative estimate of drug-likeness (QED) is 0.664. The Labute approximate surface area is 191 Å². The highest BCUT2D eigenvalue weighted by molar-refractivity contribution is 7.99. The van der Waals surface area contributed by atoms with Crippen LogP contribution in [0.5, 0.6) is 0 Å². The summed E-state index contributed by atoms with van der Waals surface area (Å²) in [6, 6.07) is 15.5. The van der Waals surface area contributed by atoms with Crippen LogP contribution in [-0.4, -0.2) is 58.8 Å². The van der Waals surface area contributed by atoms with Gasteiger partial charge in [0, 0.05) is 24.1 Å². The van der Waals surface area contributed by atoms with Crippen molar-refractivity contribution >= 4 is 29.7 Å². The Kier molecular flexibility index (Phi) is 6.69. The first kappa shape index (κ1) is 22.2. The SMILES string of the molecule is CC(CCNC(=O)OCC1c2ccccc2-c2ccccc21)C(=O)N1CSC[C@H]1C(=O)O. The fourth-order valence-corrected chi connectivity index (χ4v) is 5.47. The number of hydrogen-bond donors (Lipinski definition) is 2. The third kappa shape index (κ3) is 4.46. The maximum absolute atomic E-state index is 12.6. The van der Waals surface area contributed by atoms with E-state index in [-0.39, 0.29) is 30.9 Å². The number of thioether (sulfide) groups is 1. The number of nitrogens with one attached hydrogen (secondary N) is 1. The van der Waals surface area contributed by atoms with Gasteiger partial charge in [-0.3, -0.25) is 4.79 Å². The first-order chi connectivity index (χ1) is 15.5. The summed E-state index contributed by atoms with van der Waals surface area (Å²) < 4.78 is 5.50. The second kappa shape index (κ2) is 9.65. The Balaban J connectivity index is 1.26. The third-order valence-electron chi connectivity index (χ3n) is 6.06. The molecule has 2 aromatic rings. The molecule has 1 fully saturated rings. The molecule has 2 atom stereocenters. The molecule has 0 bridgehead atoms. The summed E-state index contributed by atoms with van der Waals surface area (Å²) in [6.07, 6.45) is -0.108. The van der Waals surface area contributed by atoms with Crippen molar-refractivity contribution in [2.45, 2.75) is 25.3 Å². The molecule has 32 heavy (non-hydrogen) atoms. The summed E-state index contributed by atoms with van der Waals surface area (Å²) in [4.78, 5) is 37.5. The summed E-state index contributed by atoms with van der Waals surface area (Å²) in [5.74, 6) is -0.770. The molecule has 1 heterocycles. The number of benzene rings is 2. The molecule has 2 aliphatic rings. The first-order valence-electron chi connectivity index (χ1n) is 10.7. The van der Waals surface area contributed by atoms with Gasteiger partial charge in [-0.2, -0.15) is 0 Å². The molecule has 7 nitrogen and oxygen atoms in total.